The molecular weight excluding hydrogens is 242 g/mol. The van der Waals surface area contributed by atoms with Gasteiger partial charge in [-0.05, 0) is 56.7 Å². The van der Waals surface area contributed by atoms with Gasteiger partial charge in [-0.15, -0.1) is 0 Å². The average Bonchev–Trinajstić information content (AvgIpc) is 2.38. The van der Waals surface area contributed by atoms with Crippen LogP contribution in [-0.4, -0.2) is 6.54 Å². The average molecular weight is 265 g/mol. The first kappa shape index (κ1) is 15.3. The summed E-state index contributed by atoms with van der Waals surface area (Å²) in [4.78, 5) is 0. The molecule has 0 saturated carbocycles. The van der Waals surface area contributed by atoms with E-state index < -0.39 is 0 Å². The molecule has 0 spiro atoms. The van der Waals surface area contributed by atoms with Crippen LogP contribution in [0.15, 0.2) is 35.9 Å². The van der Waals surface area contributed by atoms with Gasteiger partial charge >= 0.3 is 0 Å². The number of nitrogens with one attached hydrogen (secondary N) is 1. The highest BCUT2D eigenvalue weighted by atomic mass is 35.5. The van der Waals surface area contributed by atoms with E-state index in [0.717, 1.165) is 13.1 Å². The smallest absolute Gasteiger partial charge is 0.0208 e. The highest BCUT2D eigenvalue weighted by Crippen LogP contribution is 2.19. The van der Waals surface area contributed by atoms with E-state index in [1.807, 2.05) is 0 Å². The SMILES string of the molecule is Cc1ccccc1CNCCC1=CCCCC1.[Cl-]. The molecule has 0 heterocycles. The maximum atomic E-state index is 3.55. The summed E-state index contributed by atoms with van der Waals surface area (Å²) in [6, 6.07) is 8.61. The molecule has 1 aliphatic rings. The third kappa shape index (κ3) is 4.83. The predicted molar refractivity (Wildman–Crippen MR) is 74.1 cm³/mol. The lowest BCUT2D eigenvalue weighted by Gasteiger charge is -2.13. The van der Waals surface area contributed by atoms with Gasteiger partial charge in [-0.3, -0.25) is 0 Å². The van der Waals surface area contributed by atoms with Crippen LogP contribution in [0.3, 0.4) is 0 Å². The number of allylic oxidation sites excluding steroid dienone is 1. The molecule has 0 unspecified atom stereocenters. The van der Waals surface area contributed by atoms with E-state index in [9.17, 15) is 0 Å². The molecule has 1 aromatic rings. The van der Waals surface area contributed by atoms with Crippen LogP contribution in [0.5, 0.6) is 0 Å². The number of rotatable bonds is 5. The standard InChI is InChI=1S/C16H23N.ClH/c1-14-7-5-6-10-16(14)13-17-12-11-15-8-3-2-4-9-15;/h5-8,10,17H,2-4,9,11-13H2,1H3;1H/p-1. The Morgan fingerprint density at radius 3 is 2.72 bits per heavy atom. The molecule has 0 fully saturated rings. The van der Waals surface area contributed by atoms with Gasteiger partial charge in [0.1, 0.15) is 0 Å². The van der Waals surface area contributed by atoms with Crippen molar-refractivity contribution in [1.82, 2.24) is 5.32 Å². The fourth-order valence-electron chi connectivity index (χ4n) is 2.41. The van der Waals surface area contributed by atoms with Crippen LogP contribution in [0.2, 0.25) is 0 Å². The maximum absolute atomic E-state index is 3.55. The van der Waals surface area contributed by atoms with Gasteiger partial charge < -0.3 is 17.7 Å². The van der Waals surface area contributed by atoms with Crippen molar-refractivity contribution in [2.75, 3.05) is 6.54 Å². The maximum Gasteiger partial charge on any atom is 0.0208 e. The first-order valence-electron chi connectivity index (χ1n) is 6.79. The Labute approximate surface area is 117 Å². The molecule has 0 atom stereocenters. The lowest BCUT2D eigenvalue weighted by atomic mass is 9.97. The van der Waals surface area contributed by atoms with Crippen LogP contribution in [0.1, 0.15) is 43.2 Å². The van der Waals surface area contributed by atoms with Crippen molar-refractivity contribution in [3.05, 3.63) is 47.0 Å². The van der Waals surface area contributed by atoms with Gasteiger partial charge in [0.05, 0.1) is 0 Å². The largest absolute Gasteiger partial charge is 1.00 e. The van der Waals surface area contributed by atoms with E-state index in [4.69, 9.17) is 0 Å². The summed E-state index contributed by atoms with van der Waals surface area (Å²) in [6.45, 7) is 4.29. The fourth-order valence-corrected chi connectivity index (χ4v) is 2.41. The number of benzene rings is 1. The Kier molecular flexibility index (Phi) is 7.07. The van der Waals surface area contributed by atoms with Gasteiger partial charge in [0.2, 0.25) is 0 Å². The van der Waals surface area contributed by atoms with Crippen molar-refractivity contribution in [1.29, 1.82) is 0 Å². The summed E-state index contributed by atoms with van der Waals surface area (Å²) in [5.41, 5.74) is 4.47. The van der Waals surface area contributed by atoms with Crippen LogP contribution in [0.25, 0.3) is 0 Å². The number of hydrogen-bond donors (Lipinski definition) is 1. The molecule has 0 saturated heterocycles. The lowest BCUT2D eigenvalue weighted by Crippen LogP contribution is -3.00. The van der Waals surface area contributed by atoms with Gasteiger partial charge in [-0.25, -0.2) is 0 Å². The van der Waals surface area contributed by atoms with E-state index in [1.54, 1.807) is 5.57 Å². The van der Waals surface area contributed by atoms with Gasteiger partial charge in [0.25, 0.3) is 0 Å². The van der Waals surface area contributed by atoms with Crippen molar-refractivity contribution < 1.29 is 12.4 Å². The molecule has 18 heavy (non-hydrogen) atoms. The summed E-state index contributed by atoms with van der Waals surface area (Å²) < 4.78 is 0. The molecule has 0 aliphatic heterocycles. The highest BCUT2D eigenvalue weighted by molar-refractivity contribution is 5.25. The van der Waals surface area contributed by atoms with Gasteiger partial charge in [-0.1, -0.05) is 35.9 Å². The monoisotopic (exact) mass is 264 g/mol. The molecule has 1 nitrogen and oxygen atoms in total. The second kappa shape index (κ2) is 8.34. The molecule has 1 N–H and O–H groups in total. The molecule has 1 aromatic carbocycles. The summed E-state index contributed by atoms with van der Waals surface area (Å²) in [5, 5.41) is 3.55. The van der Waals surface area contributed by atoms with E-state index in [2.05, 4.69) is 42.6 Å². The first-order chi connectivity index (χ1) is 8.36. The topological polar surface area (TPSA) is 12.0 Å². The van der Waals surface area contributed by atoms with Gasteiger partial charge in [0.15, 0.2) is 0 Å². The molecular formula is C16H23ClN-. The van der Waals surface area contributed by atoms with Crippen molar-refractivity contribution in [3.63, 3.8) is 0 Å². The Morgan fingerprint density at radius 2 is 2.00 bits per heavy atom. The molecule has 0 bridgehead atoms. The van der Waals surface area contributed by atoms with Crippen molar-refractivity contribution >= 4 is 0 Å². The van der Waals surface area contributed by atoms with Crippen LogP contribution in [0, 0.1) is 6.92 Å². The van der Waals surface area contributed by atoms with Crippen molar-refractivity contribution in [2.24, 2.45) is 0 Å². The van der Waals surface area contributed by atoms with E-state index in [0.29, 0.717) is 0 Å². The highest BCUT2D eigenvalue weighted by Gasteiger charge is 2.03. The first-order valence-corrected chi connectivity index (χ1v) is 6.79. The van der Waals surface area contributed by atoms with Crippen LogP contribution in [-0.2, 0) is 6.54 Å². The number of aryl methyl sites for hydroxylation is 1. The lowest BCUT2D eigenvalue weighted by molar-refractivity contribution is -0.00000363. The zero-order valence-corrected chi connectivity index (χ0v) is 12.0. The van der Waals surface area contributed by atoms with Crippen molar-refractivity contribution in [3.8, 4) is 0 Å². The molecule has 2 rings (SSSR count). The van der Waals surface area contributed by atoms with Crippen LogP contribution >= 0.6 is 0 Å². The normalized spacial score (nSPS) is 14.8. The summed E-state index contributed by atoms with van der Waals surface area (Å²) >= 11 is 0. The van der Waals surface area contributed by atoms with Gasteiger partial charge in [-0.2, -0.15) is 0 Å². The summed E-state index contributed by atoms with van der Waals surface area (Å²) in [7, 11) is 0. The van der Waals surface area contributed by atoms with Crippen LogP contribution < -0.4 is 17.7 Å². The minimum Gasteiger partial charge on any atom is -1.00 e. The molecule has 0 radical (unpaired) electrons. The van der Waals surface area contributed by atoms with E-state index >= 15 is 0 Å². The Bertz CT molecular complexity index is 384. The predicted octanol–water partition coefficient (Wildman–Crippen LogP) is 0.979. The summed E-state index contributed by atoms with van der Waals surface area (Å²) in [5.74, 6) is 0. The third-order valence-corrected chi connectivity index (χ3v) is 3.58. The molecule has 1 aliphatic carbocycles. The van der Waals surface area contributed by atoms with Gasteiger partial charge in [0, 0.05) is 6.54 Å². The summed E-state index contributed by atoms with van der Waals surface area (Å²) in [6.07, 6.45) is 9.08. The molecule has 0 amide bonds. The quantitative estimate of drug-likeness (QED) is 0.618. The molecule has 2 heteroatoms. The minimum absolute atomic E-state index is 0. The Morgan fingerprint density at radius 1 is 1.17 bits per heavy atom. The number of halogens is 1. The zero-order chi connectivity index (χ0) is 11.9. The third-order valence-electron chi connectivity index (χ3n) is 3.58. The molecule has 0 aromatic heterocycles. The zero-order valence-electron chi connectivity index (χ0n) is 11.2. The molecule has 100 valence electrons. The second-order valence-electron chi connectivity index (χ2n) is 4.96. The fraction of sp³-hybridized carbons (Fsp3) is 0.500. The van der Waals surface area contributed by atoms with E-state index in [1.165, 1.54) is 43.2 Å². The van der Waals surface area contributed by atoms with Crippen molar-refractivity contribution in [2.45, 2.75) is 45.6 Å². The second-order valence-corrected chi connectivity index (χ2v) is 4.96. The number of hydrogen-bond acceptors (Lipinski definition) is 1. The Hall–Kier alpha value is -0.790. The minimum atomic E-state index is 0. The van der Waals surface area contributed by atoms with E-state index in [-0.39, 0.29) is 12.4 Å². The van der Waals surface area contributed by atoms with Crippen LogP contribution in [0.4, 0.5) is 0 Å². The Balaban J connectivity index is 0.00000162.